The first kappa shape index (κ1) is 14.4. The first-order chi connectivity index (χ1) is 9.06. The second kappa shape index (κ2) is 5.98. The van der Waals surface area contributed by atoms with Gasteiger partial charge in [0.1, 0.15) is 0 Å². The number of aliphatic hydroxyl groups excluding tert-OH is 1. The monoisotopic (exact) mass is 328 g/mol. The summed E-state index contributed by atoms with van der Waals surface area (Å²) in [6.07, 6.45) is 4.16. The van der Waals surface area contributed by atoms with Crippen LogP contribution in [0.25, 0.3) is 0 Å². The number of hydrogen-bond acceptors (Lipinski definition) is 4. The summed E-state index contributed by atoms with van der Waals surface area (Å²) in [5, 5.41) is 23.7. The molecule has 1 aliphatic carbocycles. The van der Waals surface area contributed by atoms with Crippen LogP contribution in [-0.4, -0.2) is 22.2 Å². The molecule has 1 fully saturated rings. The molecule has 0 atom stereocenters. The quantitative estimate of drug-likeness (QED) is 0.643. The number of nitro groups is 1. The highest BCUT2D eigenvalue weighted by Gasteiger charge is 2.32. The second-order valence-electron chi connectivity index (χ2n) is 5.04. The maximum absolute atomic E-state index is 10.9. The van der Waals surface area contributed by atoms with Gasteiger partial charge in [-0.1, -0.05) is 18.9 Å². The maximum atomic E-state index is 10.9. The molecule has 5 nitrogen and oxygen atoms in total. The van der Waals surface area contributed by atoms with Crippen molar-refractivity contribution in [3.05, 3.63) is 38.3 Å². The Hall–Kier alpha value is -0.980. The lowest BCUT2D eigenvalue weighted by molar-refractivity contribution is -0.385. The van der Waals surface area contributed by atoms with E-state index in [0.29, 0.717) is 11.0 Å². The molecular formula is C13H17BrN2O3. The number of nitrogens with one attached hydrogen (secondary N) is 1. The molecule has 0 heterocycles. The van der Waals surface area contributed by atoms with Gasteiger partial charge in [-0.2, -0.15) is 0 Å². The third-order valence-corrected chi connectivity index (χ3v) is 4.41. The Bertz CT molecular complexity index is 473. The van der Waals surface area contributed by atoms with Crippen LogP contribution in [0.2, 0.25) is 0 Å². The summed E-state index contributed by atoms with van der Waals surface area (Å²) in [6, 6.07) is 5.11. The lowest BCUT2D eigenvalue weighted by Gasteiger charge is -2.28. The summed E-state index contributed by atoms with van der Waals surface area (Å²) in [5.74, 6) is 0. The van der Waals surface area contributed by atoms with Gasteiger partial charge in [0.2, 0.25) is 0 Å². The molecule has 0 amide bonds. The molecule has 0 aliphatic heterocycles. The number of benzene rings is 1. The summed E-state index contributed by atoms with van der Waals surface area (Å²) >= 11 is 3.17. The standard InChI is InChI=1S/C13H17BrN2O3/c14-11-4-3-10(7-12(11)16(18)19)8-15-13(9-17)5-1-2-6-13/h3-4,7,15,17H,1-2,5-6,8-9H2. The van der Waals surface area contributed by atoms with Crippen LogP contribution in [0.1, 0.15) is 31.2 Å². The molecule has 1 aromatic carbocycles. The predicted octanol–water partition coefficient (Wildman–Crippen LogP) is 2.75. The van der Waals surface area contributed by atoms with Gasteiger partial charge in [0, 0.05) is 18.2 Å². The van der Waals surface area contributed by atoms with Crippen LogP contribution in [0.5, 0.6) is 0 Å². The predicted molar refractivity (Wildman–Crippen MR) is 75.9 cm³/mol. The highest BCUT2D eigenvalue weighted by atomic mass is 79.9. The highest BCUT2D eigenvalue weighted by molar-refractivity contribution is 9.10. The van der Waals surface area contributed by atoms with Crippen LogP contribution in [0, 0.1) is 10.1 Å². The molecule has 1 saturated carbocycles. The first-order valence-electron chi connectivity index (χ1n) is 6.35. The Kier molecular flexibility index (Phi) is 4.54. The minimum atomic E-state index is -0.398. The zero-order valence-corrected chi connectivity index (χ0v) is 12.1. The molecule has 1 aliphatic rings. The van der Waals surface area contributed by atoms with Crippen molar-refractivity contribution in [2.24, 2.45) is 0 Å². The third kappa shape index (κ3) is 3.32. The van der Waals surface area contributed by atoms with E-state index in [2.05, 4.69) is 21.2 Å². The fraction of sp³-hybridized carbons (Fsp3) is 0.538. The lowest BCUT2D eigenvalue weighted by atomic mass is 9.98. The fourth-order valence-electron chi connectivity index (χ4n) is 2.54. The Balaban J connectivity index is 2.07. The van der Waals surface area contributed by atoms with E-state index in [1.165, 1.54) is 0 Å². The van der Waals surface area contributed by atoms with Crippen molar-refractivity contribution < 1.29 is 10.0 Å². The van der Waals surface area contributed by atoms with Gasteiger partial charge in [0.05, 0.1) is 16.0 Å². The van der Waals surface area contributed by atoms with Gasteiger partial charge >= 0.3 is 0 Å². The van der Waals surface area contributed by atoms with Gasteiger partial charge in [-0.3, -0.25) is 10.1 Å². The number of halogens is 1. The molecule has 2 N–H and O–H groups in total. The average molecular weight is 329 g/mol. The fourth-order valence-corrected chi connectivity index (χ4v) is 2.93. The summed E-state index contributed by atoms with van der Waals surface area (Å²) < 4.78 is 0.485. The second-order valence-corrected chi connectivity index (χ2v) is 5.90. The van der Waals surface area contributed by atoms with Crippen molar-refractivity contribution in [1.82, 2.24) is 5.32 Å². The average Bonchev–Trinajstić information content (AvgIpc) is 2.87. The van der Waals surface area contributed by atoms with E-state index in [0.717, 1.165) is 31.2 Å². The van der Waals surface area contributed by atoms with Gasteiger partial charge in [-0.25, -0.2) is 0 Å². The number of aliphatic hydroxyl groups is 1. The number of nitro benzene ring substituents is 1. The summed E-state index contributed by atoms with van der Waals surface area (Å²) in [4.78, 5) is 10.5. The van der Waals surface area contributed by atoms with Crippen LogP contribution in [0.15, 0.2) is 22.7 Å². The van der Waals surface area contributed by atoms with Crippen molar-refractivity contribution in [3.63, 3.8) is 0 Å². The zero-order chi connectivity index (χ0) is 13.9. The molecule has 104 valence electrons. The lowest BCUT2D eigenvalue weighted by Crippen LogP contribution is -2.45. The van der Waals surface area contributed by atoms with Gasteiger partial charge in [0.15, 0.2) is 0 Å². The van der Waals surface area contributed by atoms with E-state index < -0.39 is 4.92 Å². The summed E-state index contributed by atoms with van der Waals surface area (Å²) in [7, 11) is 0. The molecule has 1 aromatic rings. The topological polar surface area (TPSA) is 75.4 Å². The molecule has 0 spiro atoms. The first-order valence-corrected chi connectivity index (χ1v) is 7.14. The molecule has 2 rings (SSSR count). The van der Waals surface area contributed by atoms with E-state index in [-0.39, 0.29) is 17.8 Å². The van der Waals surface area contributed by atoms with Gasteiger partial charge < -0.3 is 10.4 Å². The zero-order valence-electron chi connectivity index (χ0n) is 10.6. The number of rotatable bonds is 5. The van der Waals surface area contributed by atoms with Crippen LogP contribution in [-0.2, 0) is 6.54 Å². The molecule has 0 aromatic heterocycles. The normalized spacial score (nSPS) is 17.6. The number of nitrogens with zero attached hydrogens (tertiary/aromatic N) is 1. The minimum absolute atomic E-state index is 0.0729. The highest BCUT2D eigenvalue weighted by Crippen LogP contribution is 2.30. The van der Waals surface area contributed by atoms with Crippen molar-refractivity contribution in [2.75, 3.05) is 6.61 Å². The smallest absolute Gasteiger partial charge is 0.283 e. The van der Waals surface area contributed by atoms with Crippen molar-refractivity contribution in [1.29, 1.82) is 0 Å². The van der Waals surface area contributed by atoms with Gasteiger partial charge in [-0.05, 0) is 40.4 Å². The molecule has 0 bridgehead atoms. The van der Waals surface area contributed by atoms with Crippen LogP contribution in [0.4, 0.5) is 5.69 Å². The Morgan fingerprint density at radius 2 is 2.11 bits per heavy atom. The van der Waals surface area contributed by atoms with E-state index in [1.807, 2.05) is 6.07 Å². The largest absolute Gasteiger partial charge is 0.394 e. The van der Waals surface area contributed by atoms with Crippen LogP contribution < -0.4 is 5.32 Å². The van der Waals surface area contributed by atoms with Gasteiger partial charge in [0.25, 0.3) is 5.69 Å². The van der Waals surface area contributed by atoms with Crippen molar-refractivity contribution in [2.45, 2.75) is 37.8 Å². The van der Waals surface area contributed by atoms with E-state index in [9.17, 15) is 15.2 Å². The van der Waals surface area contributed by atoms with Crippen molar-refractivity contribution in [3.8, 4) is 0 Å². The molecule has 0 unspecified atom stereocenters. The third-order valence-electron chi connectivity index (χ3n) is 3.74. The molecule has 6 heteroatoms. The van der Waals surface area contributed by atoms with E-state index >= 15 is 0 Å². The minimum Gasteiger partial charge on any atom is -0.394 e. The summed E-state index contributed by atoms with van der Waals surface area (Å²) in [6.45, 7) is 0.653. The molecular weight excluding hydrogens is 312 g/mol. The van der Waals surface area contributed by atoms with Crippen LogP contribution in [0.3, 0.4) is 0 Å². The maximum Gasteiger partial charge on any atom is 0.283 e. The SMILES string of the molecule is O=[N+]([O-])c1cc(CNC2(CO)CCCC2)ccc1Br. The van der Waals surface area contributed by atoms with Crippen molar-refractivity contribution >= 4 is 21.6 Å². The Morgan fingerprint density at radius 3 is 2.68 bits per heavy atom. The Labute approximate surface area is 120 Å². The van der Waals surface area contributed by atoms with Crippen LogP contribution >= 0.6 is 15.9 Å². The molecule has 0 saturated heterocycles. The van der Waals surface area contributed by atoms with E-state index in [1.54, 1.807) is 12.1 Å². The van der Waals surface area contributed by atoms with E-state index in [4.69, 9.17) is 0 Å². The summed E-state index contributed by atoms with van der Waals surface area (Å²) in [5.41, 5.74) is 0.723. The molecule has 0 radical (unpaired) electrons. The Morgan fingerprint density at radius 1 is 1.42 bits per heavy atom. The van der Waals surface area contributed by atoms with Gasteiger partial charge in [-0.15, -0.1) is 0 Å². The number of hydrogen-bond donors (Lipinski definition) is 2. The molecule has 19 heavy (non-hydrogen) atoms.